The number of hydrogen-bond acceptors (Lipinski definition) is 3. The highest BCUT2D eigenvalue weighted by molar-refractivity contribution is 5.85. The molecule has 1 aliphatic rings. The van der Waals surface area contributed by atoms with E-state index in [1.165, 1.54) is 18.4 Å². The van der Waals surface area contributed by atoms with Gasteiger partial charge in [-0.05, 0) is 61.9 Å². The van der Waals surface area contributed by atoms with Gasteiger partial charge in [-0.25, -0.2) is 0 Å². The molecule has 2 heterocycles. The van der Waals surface area contributed by atoms with Crippen molar-refractivity contribution in [2.75, 3.05) is 26.7 Å². The Morgan fingerprint density at radius 3 is 2.52 bits per heavy atom. The number of nitrogens with one attached hydrogen (secondary N) is 1. The molecule has 4 nitrogen and oxygen atoms in total. The van der Waals surface area contributed by atoms with Crippen molar-refractivity contribution >= 4 is 30.7 Å². The summed E-state index contributed by atoms with van der Waals surface area (Å²) in [6.45, 7) is 5.20. The molecule has 1 fully saturated rings. The minimum atomic E-state index is 0. The van der Waals surface area contributed by atoms with Crippen LogP contribution >= 0.6 is 24.8 Å². The molecule has 0 radical (unpaired) electrons. The van der Waals surface area contributed by atoms with Crippen molar-refractivity contribution in [3.63, 3.8) is 0 Å². The fraction of sp³-hybridized carbons (Fsp3) is 0.647. The van der Waals surface area contributed by atoms with E-state index in [4.69, 9.17) is 0 Å². The van der Waals surface area contributed by atoms with Crippen molar-refractivity contribution in [1.82, 2.24) is 15.2 Å². The second-order valence-corrected chi connectivity index (χ2v) is 6.19. The molecule has 0 spiro atoms. The van der Waals surface area contributed by atoms with Crippen LogP contribution in [-0.2, 0) is 11.2 Å². The van der Waals surface area contributed by atoms with Gasteiger partial charge < -0.3 is 10.2 Å². The molecule has 1 aromatic heterocycles. The van der Waals surface area contributed by atoms with Gasteiger partial charge in [-0.15, -0.1) is 24.8 Å². The Balaban J connectivity index is 0.00000242. The minimum Gasteiger partial charge on any atom is -0.345 e. The van der Waals surface area contributed by atoms with Crippen LogP contribution in [0.15, 0.2) is 24.5 Å². The second kappa shape index (κ2) is 11.7. The molecule has 2 rings (SSSR count). The molecule has 0 aromatic carbocycles. The number of piperidine rings is 1. The summed E-state index contributed by atoms with van der Waals surface area (Å²) in [5.41, 5.74) is 1.23. The summed E-state index contributed by atoms with van der Waals surface area (Å²) >= 11 is 0. The molecule has 0 saturated carbocycles. The van der Waals surface area contributed by atoms with Gasteiger partial charge in [0.25, 0.3) is 0 Å². The fourth-order valence-electron chi connectivity index (χ4n) is 2.98. The summed E-state index contributed by atoms with van der Waals surface area (Å²) in [6, 6.07) is 4.02. The van der Waals surface area contributed by atoms with Crippen LogP contribution in [0.25, 0.3) is 0 Å². The first-order chi connectivity index (χ1) is 10.2. The number of halogens is 2. The normalized spacial score (nSPS) is 15.9. The van der Waals surface area contributed by atoms with E-state index in [-0.39, 0.29) is 30.7 Å². The van der Waals surface area contributed by atoms with Gasteiger partial charge in [0.05, 0.1) is 0 Å². The average molecular weight is 362 g/mol. The number of likely N-dealkylation sites (N-methyl/N-ethyl adjacent to an activating group) is 1. The maximum atomic E-state index is 12.3. The standard InChI is InChI=1S/C17H27N3O.2ClH/c1-14(16-5-10-19-11-6-16)13-17(21)20(2)12-7-15-3-8-18-9-4-15;;/h3-4,8-9,14,16,19H,5-7,10-13H2,1-2H3;2*1H. The summed E-state index contributed by atoms with van der Waals surface area (Å²) in [5.74, 6) is 1.46. The van der Waals surface area contributed by atoms with E-state index in [9.17, 15) is 4.79 Å². The SMILES string of the molecule is CC(CC(=O)N(C)CCc1ccncc1)C1CCNCC1.Cl.Cl. The van der Waals surface area contributed by atoms with E-state index < -0.39 is 0 Å². The number of hydrogen-bond donors (Lipinski definition) is 1. The Bertz CT molecular complexity index is 439. The Morgan fingerprint density at radius 1 is 1.30 bits per heavy atom. The number of rotatable bonds is 6. The first-order valence-corrected chi connectivity index (χ1v) is 8.00. The molecule has 0 bridgehead atoms. The third kappa shape index (κ3) is 7.51. The molecule has 1 amide bonds. The first kappa shape index (κ1) is 22.2. The predicted octanol–water partition coefficient (Wildman–Crippen LogP) is 2.95. The van der Waals surface area contributed by atoms with Gasteiger partial charge in [-0.3, -0.25) is 9.78 Å². The Hall–Kier alpha value is -0.840. The van der Waals surface area contributed by atoms with Crippen LogP contribution in [0.5, 0.6) is 0 Å². The zero-order valence-corrected chi connectivity index (χ0v) is 15.7. The van der Waals surface area contributed by atoms with E-state index in [0.717, 1.165) is 26.1 Å². The zero-order valence-electron chi connectivity index (χ0n) is 14.0. The lowest BCUT2D eigenvalue weighted by Gasteiger charge is -2.29. The molecule has 1 unspecified atom stereocenters. The number of pyridine rings is 1. The molecule has 6 heteroatoms. The lowest BCUT2D eigenvalue weighted by atomic mass is 9.84. The third-order valence-electron chi connectivity index (χ3n) is 4.60. The van der Waals surface area contributed by atoms with Gasteiger partial charge in [-0.1, -0.05) is 6.92 Å². The molecule has 1 atom stereocenters. The summed E-state index contributed by atoms with van der Waals surface area (Å²) in [4.78, 5) is 18.2. The van der Waals surface area contributed by atoms with Crippen LogP contribution in [0.4, 0.5) is 0 Å². The lowest BCUT2D eigenvalue weighted by molar-refractivity contribution is -0.131. The van der Waals surface area contributed by atoms with Crippen LogP contribution < -0.4 is 5.32 Å². The van der Waals surface area contributed by atoms with Gasteiger partial charge in [0.1, 0.15) is 0 Å². The largest absolute Gasteiger partial charge is 0.345 e. The summed E-state index contributed by atoms with van der Waals surface area (Å²) in [6.07, 6.45) is 7.58. The zero-order chi connectivity index (χ0) is 15.1. The Kier molecular flexibility index (Phi) is 11.2. The van der Waals surface area contributed by atoms with Crippen molar-refractivity contribution in [3.8, 4) is 0 Å². The van der Waals surface area contributed by atoms with Gasteiger partial charge >= 0.3 is 0 Å². The van der Waals surface area contributed by atoms with Crippen molar-refractivity contribution < 1.29 is 4.79 Å². The fourth-order valence-corrected chi connectivity index (χ4v) is 2.98. The highest BCUT2D eigenvalue weighted by atomic mass is 35.5. The van der Waals surface area contributed by atoms with Gasteiger partial charge in [0, 0.05) is 32.4 Å². The maximum Gasteiger partial charge on any atom is 0.222 e. The molecule has 0 aliphatic carbocycles. The molecule has 1 saturated heterocycles. The highest BCUT2D eigenvalue weighted by Crippen LogP contribution is 2.24. The highest BCUT2D eigenvalue weighted by Gasteiger charge is 2.23. The number of carbonyl (C=O) groups excluding carboxylic acids is 1. The van der Waals surface area contributed by atoms with E-state index in [2.05, 4.69) is 17.2 Å². The topological polar surface area (TPSA) is 45.2 Å². The summed E-state index contributed by atoms with van der Waals surface area (Å²) in [5, 5.41) is 3.38. The van der Waals surface area contributed by atoms with Gasteiger partial charge in [-0.2, -0.15) is 0 Å². The maximum absolute atomic E-state index is 12.3. The molecule has 1 aliphatic heterocycles. The van der Waals surface area contributed by atoms with Crippen LogP contribution in [0.3, 0.4) is 0 Å². The van der Waals surface area contributed by atoms with E-state index in [1.54, 1.807) is 12.4 Å². The van der Waals surface area contributed by atoms with Crippen LogP contribution in [0.2, 0.25) is 0 Å². The Labute approximate surface area is 152 Å². The molecular weight excluding hydrogens is 333 g/mol. The molecule has 132 valence electrons. The van der Waals surface area contributed by atoms with Crippen molar-refractivity contribution in [1.29, 1.82) is 0 Å². The van der Waals surface area contributed by atoms with Crippen molar-refractivity contribution in [2.24, 2.45) is 11.8 Å². The molecule has 1 aromatic rings. The van der Waals surface area contributed by atoms with Gasteiger partial charge in [0.15, 0.2) is 0 Å². The van der Waals surface area contributed by atoms with Crippen LogP contribution in [-0.4, -0.2) is 42.5 Å². The number of aromatic nitrogens is 1. The van der Waals surface area contributed by atoms with Crippen molar-refractivity contribution in [2.45, 2.75) is 32.6 Å². The summed E-state index contributed by atoms with van der Waals surface area (Å²) in [7, 11) is 1.92. The monoisotopic (exact) mass is 361 g/mol. The summed E-state index contributed by atoms with van der Waals surface area (Å²) < 4.78 is 0. The van der Waals surface area contributed by atoms with Crippen LogP contribution in [0, 0.1) is 11.8 Å². The number of carbonyl (C=O) groups is 1. The predicted molar refractivity (Wildman–Crippen MR) is 99.4 cm³/mol. The van der Waals surface area contributed by atoms with E-state index in [0.29, 0.717) is 18.3 Å². The smallest absolute Gasteiger partial charge is 0.222 e. The molecular formula is C17H29Cl2N3O. The van der Waals surface area contributed by atoms with Gasteiger partial charge in [0.2, 0.25) is 5.91 Å². The molecule has 1 N–H and O–H groups in total. The average Bonchev–Trinajstić information content (AvgIpc) is 2.54. The first-order valence-electron chi connectivity index (χ1n) is 8.00. The third-order valence-corrected chi connectivity index (χ3v) is 4.60. The van der Waals surface area contributed by atoms with Crippen LogP contribution in [0.1, 0.15) is 31.7 Å². The Morgan fingerprint density at radius 2 is 1.91 bits per heavy atom. The minimum absolute atomic E-state index is 0. The number of amides is 1. The molecule has 23 heavy (non-hydrogen) atoms. The van der Waals surface area contributed by atoms with Crippen molar-refractivity contribution in [3.05, 3.63) is 30.1 Å². The van der Waals surface area contributed by atoms with E-state index >= 15 is 0 Å². The number of nitrogens with zero attached hydrogens (tertiary/aromatic N) is 2. The quantitative estimate of drug-likeness (QED) is 0.846. The second-order valence-electron chi connectivity index (χ2n) is 6.19. The van der Waals surface area contributed by atoms with E-state index in [1.807, 2.05) is 24.1 Å². The lowest BCUT2D eigenvalue weighted by Crippen LogP contribution is -2.34.